The third-order valence-electron chi connectivity index (χ3n) is 5.22. The van der Waals surface area contributed by atoms with Gasteiger partial charge in [-0.15, -0.1) is 0 Å². The number of amides is 1. The highest BCUT2D eigenvalue weighted by Gasteiger charge is 2.29. The highest BCUT2D eigenvalue weighted by atomic mass is 127. The Balaban J connectivity index is 1.81. The average Bonchev–Trinajstić information content (AvgIpc) is 2.69. The molecule has 1 aliphatic heterocycles. The van der Waals surface area contributed by atoms with Gasteiger partial charge in [-0.2, -0.15) is 4.31 Å². The maximum atomic E-state index is 14.3. The minimum atomic E-state index is -3.35. The lowest BCUT2D eigenvalue weighted by atomic mass is 10.0. The molecule has 1 saturated heterocycles. The number of halogens is 3. The van der Waals surface area contributed by atoms with Gasteiger partial charge in [0.05, 0.1) is 24.2 Å². The van der Waals surface area contributed by atoms with Crippen molar-refractivity contribution in [1.82, 2.24) is 4.31 Å². The van der Waals surface area contributed by atoms with Crippen molar-refractivity contribution in [2.75, 3.05) is 24.7 Å². The molecule has 1 atom stereocenters. The van der Waals surface area contributed by atoms with Gasteiger partial charge in [-0.3, -0.25) is 4.79 Å². The summed E-state index contributed by atoms with van der Waals surface area (Å²) in [5.74, 6) is -2.23. The van der Waals surface area contributed by atoms with Crippen LogP contribution in [0.5, 0.6) is 5.75 Å². The largest absolute Gasteiger partial charge is 0.493 e. The van der Waals surface area contributed by atoms with Gasteiger partial charge in [0.25, 0.3) is 5.91 Å². The SMILES string of the molecule is CS(=O)(=O)N1CCCCC1CCOc1cc(F)cc(Nc2ccc(I)cc2F)c1C(N)=O. The van der Waals surface area contributed by atoms with E-state index < -0.39 is 27.6 Å². The highest BCUT2D eigenvalue weighted by Crippen LogP contribution is 2.32. The van der Waals surface area contributed by atoms with E-state index in [1.807, 2.05) is 22.6 Å². The second kappa shape index (κ2) is 10.3. The zero-order valence-electron chi connectivity index (χ0n) is 17.4. The molecule has 1 unspecified atom stereocenters. The molecule has 1 aliphatic rings. The van der Waals surface area contributed by atoms with E-state index in [4.69, 9.17) is 10.5 Å². The van der Waals surface area contributed by atoms with Gasteiger partial charge in [0.15, 0.2) is 0 Å². The van der Waals surface area contributed by atoms with E-state index in [9.17, 15) is 22.0 Å². The number of ether oxygens (including phenoxy) is 1. The molecule has 11 heteroatoms. The van der Waals surface area contributed by atoms with Crippen LogP contribution in [0.1, 0.15) is 36.0 Å². The topological polar surface area (TPSA) is 102 Å². The van der Waals surface area contributed by atoms with Crippen molar-refractivity contribution in [3.05, 3.63) is 51.1 Å². The van der Waals surface area contributed by atoms with Crippen molar-refractivity contribution < 1.29 is 26.7 Å². The molecular weight excluding hydrogens is 555 g/mol. The minimum Gasteiger partial charge on any atom is -0.493 e. The Morgan fingerprint density at radius 2 is 2.00 bits per heavy atom. The molecule has 3 rings (SSSR count). The Morgan fingerprint density at radius 3 is 2.66 bits per heavy atom. The van der Waals surface area contributed by atoms with Gasteiger partial charge in [0, 0.05) is 22.2 Å². The Hall–Kier alpha value is -1.99. The zero-order valence-corrected chi connectivity index (χ0v) is 20.4. The van der Waals surface area contributed by atoms with Gasteiger partial charge in [-0.1, -0.05) is 6.42 Å². The number of nitrogens with zero attached hydrogens (tertiary/aromatic N) is 1. The lowest BCUT2D eigenvalue weighted by molar-refractivity contribution is 0.0996. The van der Waals surface area contributed by atoms with Crippen LogP contribution in [0.3, 0.4) is 0 Å². The molecule has 1 amide bonds. The van der Waals surface area contributed by atoms with E-state index in [0.29, 0.717) is 23.0 Å². The molecule has 174 valence electrons. The number of carbonyl (C=O) groups is 1. The molecule has 2 aromatic carbocycles. The number of hydrogen-bond donors (Lipinski definition) is 2. The number of benzene rings is 2. The summed E-state index contributed by atoms with van der Waals surface area (Å²) in [6.07, 6.45) is 3.94. The molecule has 1 fully saturated rings. The number of nitrogens with two attached hydrogens (primary N) is 1. The summed E-state index contributed by atoms with van der Waals surface area (Å²) in [7, 11) is -3.35. The maximum absolute atomic E-state index is 14.3. The van der Waals surface area contributed by atoms with Gasteiger partial charge in [0.2, 0.25) is 10.0 Å². The van der Waals surface area contributed by atoms with Crippen molar-refractivity contribution in [3.63, 3.8) is 0 Å². The molecule has 0 aromatic heterocycles. The van der Waals surface area contributed by atoms with Gasteiger partial charge in [-0.25, -0.2) is 17.2 Å². The smallest absolute Gasteiger partial charge is 0.254 e. The summed E-state index contributed by atoms with van der Waals surface area (Å²) in [5.41, 5.74) is 5.42. The molecule has 0 spiro atoms. The molecule has 2 aromatic rings. The Labute approximate surface area is 199 Å². The van der Waals surface area contributed by atoms with Crippen LogP contribution in [0.4, 0.5) is 20.2 Å². The minimum absolute atomic E-state index is 0.0250. The van der Waals surface area contributed by atoms with Crippen molar-refractivity contribution in [2.24, 2.45) is 5.73 Å². The fourth-order valence-electron chi connectivity index (χ4n) is 3.79. The summed E-state index contributed by atoms with van der Waals surface area (Å²) in [6.45, 7) is 0.503. The highest BCUT2D eigenvalue weighted by molar-refractivity contribution is 14.1. The third-order valence-corrected chi connectivity index (χ3v) is 7.23. The van der Waals surface area contributed by atoms with Crippen LogP contribution in [-0.2, 0) is 10.0 Å². The number of primary amides is 1. The molecule has 0 aliphatic carbocycles. The van der Waals surface area contributed by atoms with E-state index in [1.54, 1.807) is 6.07 Å². The fraction of sp³-hybridized carbons (Fsp3) is 0.381. The maximum Gasteiger partial charge on any atom is 0.254 e. The fourth-order valence-corrected chi connectivity index (χ4v) is 5.45. The first-order chi connectivity index (χ1) is 15.1. The summed E-state index contributed by atoms with van der Waals surface area (Å²) >= 11 is 1.96. The Bertz CT molecular complexity index is 1110. The van der Waals surface area contributed by atoms with Crippen LogP contribution < -0.4 is 15.8 Å². The summed E-state index contributed by atoms with van der Waals surface area (Å²) in [4.78, 5) is 12.1. The first-order valence-electron chi connectivity index (χ1n) is 10.0. The number of anilines is 2. The van der Waals surface area contributed by atoms with Crippen LogP contribution in [0.15, 0.2) is 30.3 Å². The number of carbonyl (C=O) groups excluding carboxylic acids is 1. The first kappa shape index (κ1) is 24.6. The van der Waals surface area contributed by atoms with Crippen LogP contribution >= 0.6 is 22.6 Å². The van der Waals surface area contributed by atoms with E-state index in [2.05, 4.69) is 5.32 Å². The van der Waals surface area contributed by atoms with Crippen molar-refractivity contribution in [3.8, 4) is 5.75 Å². The van der Waals surface area contributed by atoms with Gasteiger partial charge >= 0.3 is 0 Å². The molecule has 3 N–H and O–H groups in total. The van der Waals surface area contributed by atoms with Crippen molar-refractivity contribution in [1.29, 1.82) is 0 Å². The predicted octanol–water partition coefficient (Wildman–Crippen LogP) is 3.99. The van der Waals surface area contributed by atoms with Crippen LogP contribution in [0.2, 0.25) is 0 Å². The molecule has 7 nitrogen and oxygen atoms in total. The van der Waals surface area contributed by atoms with E-state index in [1.165, 1.54) is 22.7 Å². The molecule has 0 saturated carbocycles. The van der Waals surface area contributed by atoms with Crippen molar-refractivity contribution >= 4 is 49.9 Å². The average molecular weight is 579 g/mol. The standard InChI is InChI=1S/C21H24F2IN3O4S/c1-32(29,30)27-8-3-2-4-15(27)7-9-31-19-11-13(22)10-18(20(19)21(25)28)26-17-6-5-14(24)12-16(17)23/h5-6,10-12,15,26H,2-4,7-9H2,1H3,(H2,25,28). The summed E-state index contributed by atoms with van der Waals surface area (Å²) < 4.78 is 60.4. The summed E-state index contributed by atoms with van der Waals surface area (Å²) in [5, 5.41) is 2.71. The quantitative estimate of drug-likeness (QED) is 0.461. The van der Waals surface area contributed by atoms with Crippen LogP contribution in [0, 0.1) is 15.2 Å². The number of rotatable bonds is 8. The second-order valence-electron chi connectivity index (χ2n) is 7.60. The molecular formula is C21H24F2IN3O4S. The predicted molar refractivity (Wildman–Crippen MR) is 127 cm³/mol. The zero-order chi connectivity index (χ0) is 23.5. The van der Waals surface area contributed by atoms with Gasteiger partial charge in [-0.05, 0) is 66.1 Å². The lowest BCUT2D eigenvalue weighted by Crippen LogP contribution is -2.43. The molecule has 1 heterocycles. The number of hydrogen-bond acceptors (Lipinski definition) is 5. The molecule has 0 bridgehead atoms. The Morgan fingerprint density at radius 1 is 1.25 bits per heavy atom. The van der Waals surface area contributed by atoms with Gasteiger partial charge < -0.3 is 15.8 Å². The second-order valence-corrected chi connectivity index (χ2v) is 10.8. The number of sulfonamides is 1. The molecule has 32 heavy (non-hydrogen) atoms. The van der Waals surface area contributed by atoms with Crippen LogP contribution in [-0.4, -0.2) is 44.1 Å². The van der Waals surface area contributed by atoms with Crippen LogP contribution in [0.25, 0.3) is 0 Å². The van der Waals surface area contributed by atoms with E-state index in [-0.39, 0.29) is 35.3 Å². The normalized spacial score (nSPS) is 17.2. The van der Waals surface area contributed by atoms with Gasteiger partial charge in [0.1, 0.15) is 22.9 Å². The number of piperidine rings is 1. The lowest BCUT2D eigenvalue weighted by Gasteiger charge is -2.33. The monoisotopic (exact) mass is 579 g/mol. The summed E-state index contributed by atoms with van der Waals surface area (Å²) in [6, 6.07) is 6.26. The third kappa shape index (κ3) is 6.07. The van der Waals surface area contributed by atoms with E-state index >= 15 is 0 Å². The number of nitrogens with one attached hydrogen (secondary N) is 1. The van der Waals surface area contributed by atoms with E-state index in [0.717, 1.165) is 25.0 Å². The Kier molecular flexibility index (Phi) is 7.93. The van der Waals surface area contributed by atoms with Crippen molar-refractivity contribution in [2.45, 2.75) is 31.7 Å². The molecule has 0 radical (unpaired) electrons. The first-order valence-corrected chi connectivity index (χ1v) is 12.9.